The number of nitrogens with zero attached hydrogens (tertiary/aromatic N) is 3. The van der Waals surface area contributed by atoms with Crippen LogP contribution in [0.2, 0.25) is 5.02 Å². The molecule has 1 amide bonds. The highest BCUT2D eigenvalue weighted by Gasteiger charge is 2.32. The second-order valence-electron chi connectivity index (χ2n) is 7.69. The van der Waals surface area contributed by atoms with E-state index in [-0.39, 0.29) is 11.4 Å². The summed E-state index contributed by atoms with van der Waals surface area (Å²) in [6.45, 7) is 4.83. The van der Waals surface area contributed by atoms with Crippen molar-refractivity contribution in [2.45, 2.75) is 39.7 Å². The van der Waals surface area contributed by atoms with E-state index in [4.69, 9.17) is 16.3 Å². The number of amides is 1. The highest BCUT2D eigenvalue weighted by Crippen LogP contribution is 2.37. The first-order valence-electron chi connectivity index (χ1n) is 10.1. The molecule has 1 unspecified atom stereocenters. The topological polar surface area (TPSA) is 99.3 Å². The van der Waals surface area contributed by atoms with Crippen LogP contribution in [0.1, 0.15) is 48.3 Å². The standard InChI is InChI=1S/C22H19ClF4N4O4/c1-10-4-11(2)6-15(5-10)35-16-8-13(7-14(9-16)31(33)34)28-22(32)12(3)30-19(21(26)27)17(23)18(29-30)20(24)25/h4-9,12,20-21H,1-3H3,(H,28,32). The minimum absolute atomic E-state index is 0.0301. The minimum Gasteiger partial charge on any atom is -0.457 e. The maximum absolute atomic E-state index is 13.5. The van der Waals surface area contributed by atoms with Gasteiger partial charge in [0.15, 0.2) is 0 Å². The molecule has 13 heteroatoms. The van der Waals surface area contributed by atoms with Crippen LogP contribution >= 0.6 is 11.6 Å². The molecular weight excluding hydrogens is 496 g/mol. The van der Waals surface area contributed by atoms with E-state index < -0.39 is 51.8 Å². The molecule has 0 aliphatic carbocycles. The Bertz CT molecular complexity index is 1260. The summed E-state index contributed by atoms with van der Waals surface area (Å²) < 4.78 is 59.3. The molecule has 0 fully saturated rings. The Balaban J connectivity index is 1.92. The number of ether oxygens (including phenoxy) is 1. The maximum atomic E-state index is 13.5. The van der Waals surface area contributed by atoms with Gasteiger partial charge in [-0.25, -0.2) is 22.2 Å². The first kappa shape index (κ1) is 25.9. The van der Waals surface area contributed by atoms with Gasteiger partial charge in [-0.15, -0.1) is 0 Å². The van der Waals surface area contributed by atoms with Crippen molar-refractivity contribution in [1.29, 1.82) is 0 Å². The number of carbonyl (C=O) groups excluding carboxylic acids is 1. The number of rotatable bonds is 8. The Morgan fingerprint density at radius 3 is 2.20 bits per heavy atom. The SMILES string of the molecule is Cc1cc(C)cc(Oc2cc(NC(=O)C(C)n3nc(C(F)F)c(Cl)c3C(F)F)cc([N+](=O)[O-])c2)c1. The zero-order valence-corrected chi connectivity index (χ0v) is 19.3. The van der Waals surface area contributed by atoms with Gasteiger partial charge in [0, 0.05) is 12.1 Å². The lowest BCUT2D eigenvalue weighted by molar-refractivity contribution is -0.384. The zero-order chi connectivity index (χ0) is 26.0. The van der Waals surface area contributed by atoms with Gasteiger partial charge < -0.3 is 10.1 Å². The Labute approximate surface area is 201 Å². The Hall–Kier alpha value is -3.67. The third-order valence-corrected chi connectivity index (χ3v) is 5.26. The minimum atomic E-state index is -3.28. The van der Waals surface area contributed by atoms with Gasteiger partial charge in [0.1, 0.15) is 28.9 Å². The maximum Gasteiger partial charge on any atom is 0.283 e. The lowest BCUT2D eigenvalue weighted by Crippen LogP contribution is -2.26. The number of aryl methyl sites for hydroxylation is 2. The van der Waals surface area contributed by atoms with Crippen molar-refractivity contribution in [1.82, 2.24) is 9.78 Å². The number of hydrogen-bond donors (Lipinski definition) is 1. The zero-order valence-electron chi connectivity index (χ0n) is 18.6. The third-order valence-electron chi connectivity index (χ3n) is 4.87. The van der Waals surface area contributed by atoms with E-state index in [1.807, 2.05) is 19.9 Å². The summed E-state index contributed by atoms with van der Waals surface area (Å²) in [6, 6.07) is 7.29. The van der Waals surface area contributed by atoms with Crippen LogP contribution < -0.4 is 10.1 Å². The molecule has 35 heavy (non-hydrogen) atoms. The fourth-order valence-corrected chi connectivity index (χ4v) is 3.67. The van der Waals surface area contributed by atoms with E-state index in [9.17, 15) is 32.5 Å². The predicted octanol–water partition coefficient (Wildman–Crippen LogP) is 6.93. The number of halogens is 5. The van der Waals surface area contributed by atoms with E-state index in [1.54, 1.807) is 12.1 Å². The summed E-state index contributed by atoms with van der Waals surface area (Å²) >= 11 is 5.64. The molecule has 1 atom stereocenters. The summed E-state index contributed by atoms with van der Waals surface area (Å²) in [4.78, 5) is 23.4. The number of non-ortho nitro benzene ring substituents is 1. The lowest BCUT2D eigenvalue weighted by Gasteiger charge is -2.16. The summed E-state index contributed by atoms with van der Waals surface area (Å²) in [5.41, 5.74) is -0.831. The molecule has 0 saturated carbocycles. The van der Waals surface area contributed by atoms with E-state index in [0.29, 0.717) is 10.4 Å². The van der Waals surface area contributed by atoms with Crippen LogP contribution in [0, 0.1) is 24.0 Å². The van der Waals surface area contributed by atoms with Crippen molar-refractivity contribution in [2.24, 2.45) is 0 Å². The number of nitrogens with one attached hydrogen (secondary N) is 1. The van der Waals surface area contributed by atoms with Crippen molar-refractivity contribution < 1.29 is 32.0 Å². The van der Waals surface area contributed by atoms with Gasteiger partial charge in [-0.05, 0) is 44.0 Å². The van der Waals surface area contributed by atoms with E-state index in [0.717, 1.165) is 30.2 Å². The molecule has 1 aromatic heterocycles. The molecule has 0 bridgehead atoms. The molecule has 0 aliphatic heterocycles. The van der Waals surface area contributed by atoms with Crippen LogP contribution in [0.3, 0.4) is 0 Å². The lowest BCUT2D eigenvalue weighted by atomic mass is 10.1. The number of hydrogen-bond acceptors (Lipinski definition) is 5. The van der Waals surface area contributed by atoms with Gasteiger partial charge >= 0.3 is 0 Å². The quantitative estimate of drug-likeness (QED) is 0.200. The van der Waals surface area contributed by atoms with E-state index in [2.05, 4.69) is 10.4 Å². The number of aromatic nitrogens is 2. The number of anilines is 1. The number of carbonyl (C=O) groups is 1. The van der Waals surface area contributed by atoms with Gasteiger partial charge in [0.2, 0.25) is 5.91 Å². The van der Waals surface area contributed by atoms with Crippen LogP contribution in [-0.2, 0) is 4.79 Å². The second-order valence-corrected chi connectivity index (χ2v) is 8.07. The van der Waals surface area contributed by atoms with Crippen molar-refractivity contribution in [3.8, 4) is 11.5 Å². The van der Waals surface area contributed by atoms with Gasteiger partial charge in [-0.3, -0.25) is 14.9 Å². The van der Waals surface area contributed by atoms with Crippen molar-refractivity contribution in [3.05, 3.63) is 74.0 Å². The smallest absolute Gasteiger partial charge is 0.283 e. The van der Waals surface area contributed by atoms with Crippen molar-refractivity contribution in [2.75, 3.05) is 5.32 Å². The molecule has 0 aliphatic rings. The molecule has 3 aromatic rings. The molecule has 0 radical (unpaired) electrons. The fourth-order valence-electron chi connectivity index (χ4n) is 3.38. The highest BCUT2D eigenvalue weighted by atomic mass is 35.5. The van der Waals surface area contributed by atoms with Gasteiger partial charge in [-0.2, -0.15) is 5.10 Å². The van der Waals surface area contributed by atoms with Gasteiger partial charge in [0.25, 0.3) is 18.5 Å². The molecule has 8 nitrogen and oxygen atoms in total. The molecule has 1 N–H and O–H groups in total. The van der Waals surface area contributed by atoms with Gasteiger partial charge in [0.05, 0.1) is 21.7 Å². The van der Waals surface area contributed by atoms with Crippen molar-refractivity contribution in [3.63, 3.8) is 0 Å². The number of nitro benzene ring substituents is 1. The predicted molar refractivity (Wildman–Crippen MR) is 120 cm³/mol. The average molecular weight is 515 g/mol. The largest absolute Gasteiger partial charge is 0.457 e. The number of nitro groups is 1. The first-order chi connectivity index (χ1) is 16.4. The van der Waals surface area contributed by atoms with Crippen molar-refractivity contribution >= 4 is 28.9 Å². The van der Waals surface area contributed by atoms with Gasteiger partial charge in [-0.1, -0.05) is 17.7 Å². The molecule has 0 saturated heterocycles. The van der Waals surface area contributed by atoms with E-state index in [1.165, 1.54) is 6.07 Å². The monoisotopic (exact) mass is 514 g/mol. The second kappa shape index (κ2) is 10.3. The molecule has 186 valence electrons. The summed E-state index contributed by atoms with van der Waals surface area (Å²) in [5.74, 6) is -0.520. The van der Waals surface area contributed by atoms with Crippen LogP contribution in [0.5, 0.6) is 11.5 Å². The third kappa shape index (κ3) is 5.88. The van der Waals surface area contributed by atoms with Crippen LogP contribution in [0.4, 0.5) is 28.9 Å². The van der Waals surface area contributed by atoms with Crippen LogP contribution in [-0.4, -0.2) is 20.6 Å². The van der Waals surface area contributed by atoms with E-state index >= 15 is 0 Å². The fraction of sp³-hybridized carbons (Fsp3) is 0.273. The first-order valence-corrected chi connectivity index (χ1v) is 10.5. The van der Waals surface area contributed by atoms with Crippen LogP contribution in [0.15, 0.2) is 36.4 Å². The number of benzene rings is 2. The number of alkyl halides is 4. The molecule has 0 spiro atoms. The Morgan fingerprint density at radius 2 is 1.66 bits per heavy atom. The molecular formula is C22H19ClF4N4O4. The average Bonchev–Trinajstić information content (AvgIpc) is 3.09. The molecule has 1 heterocycles. The van der Waals surface area contributed by atoms with Crippen LogP contribution in [0.25, 0.3) is 0 Å². The Morgan fingerprint density at radius 1 is 1.06 bits per heavy atom. The molecule has 2 aromatic carbocycles. The Kier molecular flexibility index (Phi) is 7.64. The highest BCUT2D eigenvalue weighted by molar-refractivity contribution is 6.32. The summed E-state index contributed by atoms with van der Waals surface area (Å²) in [7, 11) is 0. The summed E-state index contributed by atoms with van der Waals surface area (Å²) in [5, 5.41) is 16.2. The molecule has 3 rings (SSSR count). The normalized spacial score (nSPS) is 12.2. The summed E-state index contributed by atoms with van der Waals surface area (Å²) in [6.07, 6.45) is -6.52.